The predicted octanol–water partition coefficient (Wildman–Crippen LogP) is 2.55. The summed E-state index contributed by atoms with van der Waals surface area (Å²) in [6.45, 7) is 6.82. The maximum absolute atomic E-state index is 3.77. The molecule has 1 aliphatic heterocycles. The van der Waals surface area contributed by atoms with Crippen LogP contribution in [0.5, 0.6) is 0 Å². The van der Waals surface area contributed by atoms with Crippen LogP contribution in [0.15, 0.2) is 48.2 Å². The topological polar surface area (TPSA) is 12.0 Å². The quantitative estimate of drug-likeness (QED) is 0.627. The second-order valence-corrected chi connectivity index (χ2v) is 2.70. The summed E-state index contributed by atoms with van der Waals surface area (Å²) in [5, 5.41) is 3.30. The third kappa shape index (κ3) is 2.12. The van der Waals surface area contributed by atoms with E-state index in [0.29, 0.717) is 0 Å². The van der Waals surface area contributed by atoms with Crippen molar-refractivity contribution in [3.63, 3.8) is 0 Å². The van der Waals surface area contributed by atoms with Crippen molar-refractivity contribution in [3.8, 4) is 0 Å². The number of hydrogen-bond acceptors (Lipinski definition) is 1. The minimum Gasteiger partial charge on any atom is -0.384 e. The van der Waals surface area contributed by atoms with Gasteiger partial charge in [0.15, 0.2) is 0 Å². The fraction of sp³-hybridized carbons (Fsp3) is 0.273. The van der Waals surface area contributed by atoms with Crippen LogP contribution in [0.3, 0.4) is 0 Å². The normalized spacial score (nSPS) is 17.8. The molecule has 0 bridgehead atoms. The van der Waals surface area contributed by atoms with Gasteiger partial charge in [-0.05, 0) is 25.0 Å². The van der Waals surface area contributed by atoms with E-state index in [1.54, 1.807) is 0 Å². The molecule has 0 aliphatic carbocycles. The standard InChI is InChI=1S/C11H15N/c1-3-5-6-7-11-10(4-2)8-9-12-11/h3-7,12H,2,8-9H2,1H3/b5-3+,7-6-. The van der Waals surface area contributed by atoms with Gasteiger partial charge in [-0.1, -0.05) is 30.9 Å². The van der Waals surface area contributed by atoms with Crippen molar-refractivity contribution in [2.45, 2.75) is 13.3 Å². The summed E-state index contributed by atoms with van der Waals surface area (Å²) in [5.74, 6) is 0. The summed E-state index contributed by atoms with van der Waals surface area (Å²) < 4.78 is 0. The molecule has 1 nitrogen and oxygen atoms in total. The molecule has 0 radical (unpaired) electrons. The van der Waals surface area contributed by atoms with Crippen molar-refractivity contribution in [1.82, 2.24) is 5.32 Å². The van der Waals surface area contributed by atoms with Gasteiger partial charge >= 0.3 is 0 Å². The van der Waals surface area contributed by atoms with E-state index in [4.69, 9.17) is 0 Å². The third-order valence-electron chi connectivity index (χ3n) is 1.87. The van der Waals surface area contributed by atoms with Crippen molar-refractivity contribution < 1.29 is 0 Å². The highest BCUT2D eigenvalue weighted by molar-refractivity contribution is 5.35. The lowest BCUT2D eigenvalue weighted by molar-refractivity contribution is 0.889. The Kier molecular flexibility index (Phi) is 3.39. The molecule has 0 aromatic rings. The molecule has 0 spiro atoms. The molecule has 0 saturated heterocycles. The van der Waals surface area contributed by atoms with Crippen LogP contribution in [0, 0.1) is 0 Å². The van der Waals surface area contributed by atoms with Gasteiger partial charge in [0, 0.05) is 12.2 Å². The molecule has 1 N–H and O–H groups in total. The SMILES string of the molecule is C=CC1=C(/C=C\C=C\C)NCC1. The molecule has 0 unspecified atom stereocenters. The number of allylic oxidation sites excluding steroid dienone is 5. The molecule has 64 valence electrons. The maximum Gasteiger partial charge on any atom is 0.0373 e. The van der Waals surface area contributed by atoms with Gasteiger partial charge in [0.2, 0.25) is 0 Å². The predicted molar refractivity (Wildman–Crippen MR) is 53.8 cm³/mol. The van der Waals surface area contributed by atoms with Crippen molar-refractivity contribution in [2.75, 3.05) is 6.54 Å². The first kappa shape index (κ1) is 8.85. The first-order chi connectivity index (χ1) is 5.88. The zero-order valence-corrected chi connectivity index (χ0v) is 7.51. The van der Waals surface area contributed by atoms with Gasteiger partial charge in [-0.3, -0.25) is 0 Å². The van der Waals surface area contributed by atoms with Crippen molar-refractivity contribution >= 4 is 0 Å². The van der Waals surface area contributed by atoms with E-state index in [-0.39, 0.29) is 0 Å². The largest absolute Gasteiger partial charge is 0.384 e. The molecule has 0 saturated carbocycles. The molecular weight excluding hydrogens is 146 g/mol. The highest BCUT2D eigenvalue weighted by Gasteiger charge is 2.06. The molecule has 12 heavy (non-hydrogen) atoms. The average Bonchev–Trinajstić information content (AvgIpc) is 2.52. The van der Waals surface area contributed by atoms with E-state index < -0.39 is 0 Å². The summed E-state index contributed by atoms with van der Waals surface area (Å²) >= 11 is 0. The summed E-state index contributed by atoms with van der Waals surface area (Å²) in [4.78, 5) is 0. The minimum absolute atomic E-state index is 1.04. The summed E-state index contributed by atoms with van der Waals surface area (Å²) in [5.41, 5.74) is 2.53. The van der Waals surface area contributed by atoms with E-state index >= 15 is 0 Å². The monoisotopic (exact) mass is 161 g/mol. The lowest BCUT2D eigenvalue weighted by Gasteiger charge is -1.95. The molecule has 0 fully saturated rings. The van der Waals surface area contributed by atoms with Crippen LogP contribution in [0.2, 0.25) is 0 Å². The number of rotatable bonds is 3. The van der Waals surface area contributed by atoms with Gasteiger partial charge in [-0.2, -0.15) is 0 Å². The van der Waals surface area contributed by atoms with Gasteiger partial charge in [-0.25, -0.2) is 0 Å². The average molecular weight is 161 g/mol. The second kappa shape index (κ2) is 4.60. The second-order valence-electron chi connectivity index (χ2n) is 2.70. The molecular formula is C11H15N. The van der Waals surface area contributed by atoms with Crippen LogP contribution in [-0.2, 0) is 0 Å². The van der Waals surface area contributed by atoms with E-state index in [2.05, 4.69) is 18.0 Å². The lowest BCUT2D eigenvalue weighted by Crippen LogP contribution is -2.04. The van der Waals surface area contributed by atoms with Gasteiger partial charge < -0.3 is 5.32 Å². The highest BCUT2D eigenvalue weighted by Crippen LogP contribution is 2.14. The Hall–Kier alpha value is -1.24. The van der Waals surface area contributed by atoms with Crippen LogP contribution in [0.1, 0.15) is 13.3 Å². The van der Waals surface area contributed by atoms with Crippen molar-refractivity contribution in [3.05, 3.63) is 48.2 Å². The van der Waals surface area contributed by atoms with Gasteiger partial charge in [0.25, 0.3) is 0 Å². The van der Waals surface area contributed by atoms with Crippen LogP contribution in [0.25, 0.3) is 0 Å². The molecule has 1 rings (SSSR count). The first-order valence-electron chi connectivity index (χ1n) is 4.27. The van der Waals surface area contributed by atoms with Gasteiger partial charge in [0.1, 0.15) is 0 Å². The molecule has 1 heterocycles. The summed E-state index contributed by atoms with van der Waals surface area (Å²) in [7, 11) is 0. The minimum atomic E-state index is 1.04. The molecule has 0 aromatic heterocycles. The Labute approximate surface area is 74.2 Å². The molecule has 0 amide bonds. The van der Waals surface area contributed by atoms with Gasteiger partial charge in [0.05, 0.1) is 0 Å². The van der Waals surface area contributed by atoms with E-state index in [9.17, 15) is 0 Å². The van der Waals surface area contributed by atoms with Crippen molar-refractivity contribution in [1.29, 1.82) is 0 Å². The fourth-order valence-electron chi connectivity index (χ4n) is 1.22. The summed E-state index contributed by atoms with van der Waals surface area (Å²) in [6, 6.07) is 0. The maximum atomic E-state index is 3.77. The lowest BCUT2D eigenvalue weighted by atomic mass is 10.2. The van der Waals surface area contributed by atoms with E-state index in [1.807, 2.05) is 31.2 Å². The Morgan fingerprint density at radius 3 is 2.92 bits per heavy atom. The zero-order chi connectivity index (χ0) is 8.81. The summed E-state index contributed by atoms with van der Waals surface area (Å²) in [6.07, 6.45) is 11.2. The van der Waals surface area contributed by atoms with E-state index in [1.165, 1.54) is 11.3 Å². The highest BCUT2D eigenvalue weighted by atomic mass is 14.9. The number of nitrogens with one attached hydrogen (secondary N) is 1. The fourth-order valence-corrected chi connectivity index (χ4v) is 1.22. The molecule has 0 aromatic carbocycles. The molecule has 1 heteroatoms. The number of hydrogen-bond donors (Lipinski definition) is 1. The van der Waals surface area contributed by atoms with Crippen molar-refractivity contribution in [2.24, 2.45) is 0 Å². The van der Waals surface area contributed by atoms with E-state index in [0.717, 1.165) is 13.0 Å². The third-order valence-corrected chi connectivity index (χ3v) is 1.87. The smallest absolute Gasteiger partial charge is 0.0373 e. The Bertz CT molecular complexity index is 244. The molecule has 0 atom stereocenters. The Morgan fingerprint density at radius 2 is 2.25 bits per heavy atom. The molecule has 1 aliphatic rings. The van der Waals surface area contributed by atoms with Crippen LogP contribution in [0.4, 0.5) is 0 Å². The zero-order valence-electron chi connectivity index (χ0n) is 7.51. The Balaban J connectivity index is 2.66. The Morgan fingerprint density at radius 1 is 1.42 bits per heavy atom. The van der Waals surface area contributed by atoms with Crippen LogP contribution in [-0.4, -0.2) is 6.54 Å². The van der Waals surface area contributed by atoms with Crippen LogP contribution < -0.4 is 5.32 Å². The van der Waals surface area contributed by atoms with Gasteiger partial charge in [-0.15, -0.1) is 0 Å². The first-order valence-corrected chi connectivity index (χ1v) is 4.27. The van der Waals surface area contributed by atoms with Crippen LogP contribution >= 0.6 is 0 Å².